The van der Waals surface area contributed by atoms with Crippen molar-refractivity contribution in [1.82, 2.24) is 0 Å². The number of halogens is 3. The summed E-state index contributed by atoms with van der Waals surface area (Å²) in [5.41, 5.74) is -0.543. The summed E-state index contributed by atoms with van der Waals surface area (Å²) in [7, 11) is 0. The second-order valence-electron chi connectivity index (χ2n) is 2.65. The van der Waals surface area contributed by atoms with Crippen molar-refractivity contribution in [2.75, 3.05) is 0 Å². The van der Waals surface area contributed by atoms with Crippen molar-refractivity contribution in [2.45, 2.75) is 25.4 Å². The summed E-state index contributed by atoms with van der Waals surface area (Å²) in [6.07, 6.45) is -1.92. The Morgan fingerprint density at radius 3 is 1.90 bits per heavy atom. The van der Waals surface area contributed by atoms with E-state index in [1.807, 2.05) is 0 Å². The largest absolute Gasteiger partial charge is 0.412 e. The van der Waals surface area contributed by atoms with Gasteiger partial charge in [-0.25, -0.2) is 0 Å². The highest BCUT2D eigenvalue weighted by Crippen LogP contribution is 2.40. The van der Waals surface area contributed by atoms with Crippen LogP contribution in [0.15, 0.2) is 12.2 Å². The molecule has 0 bridgehead atoms. The van der Waals surface area contributed by atoms with Crippen LogP contribution in [0.5, 0.6) is 0 Å². The van der Waals surface area contributed by atoms with Crippen molar-refractivity contribution in [1.29, 1.82) is 0 Å². The summed E-state index contributed by atoms with van der Waals surface area (Å²) in [5, 5.41) is 0. The quantitative estimate of drug-likeness (QED) is 0.504. The van der Waals surface area contributed by atoms with Crippen LogP contribution in [0.25, 0.3) is 0 Å². The molecule has 0 heterocycles. The lowest BCUT2D eigenvalue weighted by molar-refractivity contribution is -0.102. The van der Waals surface area contributed by atoms with Crippen molar-refractivity contribution >= 4 is 0 Å². The maximum atomic E-state index is 11.8. The van der Waals surface area contributed by atoms with Gasteiger partial charge in [-0.3, -0.25) is 0 Å². The number of rotatable bonds is 1. The molecule has 1 rings (SSSR count). The summed E-state index contributed by atoms with van der Waals surface area (Å²) in [4.78, 5) is 0. The molecule has 1 fully saturated rings. The second-order valence-corrected chi connectivity index (χ2v) is 2.65. The Morgan fingerprint density at radius 1 is 1.30 bits per heavy atom. The first kappa shape index (κ1) is 7.63. The topological polar surface area (TPSA) is 0 Å². The fourth-order valence-electron chi connectivity index (χ4n) is 0.988. The van der Waals surface area contributed by atoms with Crippen LogP contribution in [-0.2, 0) is 0 Å². The zero-order valence-corrected chi connectivity index (χ0v) is 5.54. The van der Waals surface area contributed by atoms with Gasteiger partial charge in [0.25, 0.3) is 0 Å². The second kappa shape index (κ2) is 2.29. The molecule has 0 saturated heterocycles. The van der Waals surface area contributed by atoms with E-state index in [1.165, 1.54) is 0 Å². The average molecular weight is 150 g/mol. The molecule has 0 aliphatic heterocycles. The third kappa shape index (κ3) is 1.33. The van der Waals surface area contributed by atoms with E-state index in [9.17, 15) is 13.2 Å². The summed E-state index contributed by atoms with van der Waals surface area (Å²) in [6, 6.07) is 0. The highest BCUT2D eigenvalue weighted by molar-refractivity contribution is 5.10. The van der Waals surface area contributed by atoms with E-state index < -0.39 is 11.7 Å². The van der Waals surface area contributed by atoms with Crippen LogP contribution >= 0.6 is 0 Å². The Kier molecular flexibility index (Phi) is 1.75. The average Bonchev–Trinajstić information content (AvgIpc) is 1.57. The third-order valence-electron chi connectivity index (χ3n) is 1.96. The van der Waals surface area contributed by atoms with E-state index in [1.54, 1.807) is 0 Å². The van der Waals surface area contributed by atoms with Gasteiger partial charge in [0.1, 0.15) is 0 Å². The summed E-state index contributed by atoms with van der Waals surface area (Å²) in [5.74, 6) is -0.278. The van der Waals surface area contributed by atoms with Gasteiger partial charge in [0.15, 0.2) is 0 Å². The minimum Gasteiger partial charge on any atom is -0.166 e. The zero-order valence-electron chi connectivity index (χ0n) is 5.54. The van der Waals surface area contributed by atoms with Crippen LogP contribution in [-0.4, -0.2) is 6.18 Å². The van der Waals surface area contributed by atoms with Crippen molar-refractivity contribution in [2.24, 2.45) is 5.92 Å². The zero-order chi connectivity index (χ0) is 7.78. The molecule has 3 heteroatoms. The van der Waals surface area contributed by atoms with Gasteiger partial charge in [0, 0.05) is 5.57 Å². The van der Waals surface area contributed by atoms with Crippen molar-refractivity contribution < 1.29 is 13.2 Å². The number of hydrogen-bond donors (Lipinski definition) is 0. The van der Waals surface area contributed by atoms with Crippen molar-refractivity contribution in [3.63, 3.8) is 0 Å². The van der Waals surface area contributed by atoms with Gasteiger partial charge >= 0.3 is 6.18 Å². The van der Waals surface area contributed by atoms with Gasteiger partial charge in [-0.15, -0.1) is 0 Å². The summed E-state index contributed by atoms with van der Waals surface area (Å²) < 4.78 is 35.5. The fraction of sp³-hybridized carbons (Fsp3) is 0.714. The van der Waals surface area contributed by atoms with Gasteiger partial charge in [0.05, 0.1) is 0 Å². The van der Waals surface area contributed by atoms with Gasteiger partial charge in [-0.1, -0.05) is 13.0 Å². The first-order valence-electron chi connectivity index (χ1n) is 3.28. The first-order chi connectivity index (χ1) is 4.52. The van der Waals surface area contributed by atoms with Gasteiger partial charge < -0.3 is 0 Å². The van der Waals surface area contributed by atoms with Crippen LogP contribution in [0.3, 0.4) is 0 Å². The molecule has 0 nitrogen and oxygen atoms in total. The molecule has 0 radical (unpaired) electrons. The molecular formula is C7H9F3. The van der Waals surface area contributed by atoms with Crippen molar-refractivity contribution in [3.8, 4) is 0 Å². The van der Waals surface area contributed by atoms with Crippen LogP contribution in [0.4, 0.5) is 13.2 Å². The van der Waals surface area contributed by atoms with Crippen molar-refractivity contribution in [3.05, 3.63) is 12.2 Å². The Labute approximate surface area is 57.7 Å². The van der Waals surface area contributed by atoms with Crippen LogP contribution in [0.1, 0.15) is 19.3 Å². The highest BCUT2D eigenvalue weighted by Gasteiger charge is 2.38. The number of alkyl halides is 3. The first-order valence-corrected chi connectivity index (χ1v) is 3.28. The van der Waals surface area contributed by atoms with Crippen LogP contribution < -0.4 is 0 Å². The Bertz CT molecular complexity index is 141. The van der Waals surface area contributed by atoms with E-state index in [0.717, 1.165) is 6.42 Å². The molecule has 0 aromatic carbocycles. The summed E-state index contributed by atoms with van der Waals surface area (Å²) in [6.45, 7) is 3.02. The highest BCUT2D eigenvalue weighted by atomic mass is 19.4. The Balaban J connectivity index is 2.48. The third-order valence-corrected chi connectivity index (χ3v) is 1.96. The molecular weight excluding hydrogens is 141 g/mol. The molecule has 0 aromatic rings. The van der Waals surface area contributed by atoms with E-state index in [0.29, 0.717) is 12.8 Å². The smallest absolute Gasteiger partial charge is 0.166 e. The lowest BCUT2D eigenvalue weighted by atomic mass is 9.80. The van der Waals surface area contributed by atoms with E-state index in [2.05, 4.69) is 6.58 Å². The number of allylic oxidation sites excluding steroid dienone is 1. The molecule has 0 spiro atoms. The fourth-order valence-corrected chi connectivity index (χ4v) is 0.988. The predicted octanol–water partition coefficient (Wildman–Crippen LogP) is 2.91. The van der Waals surface area contributed by atoms with Gasteiger partial charge in [-0.2, -0.15) is 13.2 Å². The SMILES string of the molecule is C=C(C1CCC1)C(F)(F)F. The Hall–Kier alpha value is -0.470. The monoisotopic (exact) mass is 150 g/mol. The molecule has 0 aromatic heterocycles. The molecule has 1 aliphatic rings. The molecule has 0 N–H and O–H groups in total. The minimum atomic E-state index is -4.16. The molecule has 0 unspecified atom stereocenters. The molecule has 1 saturated carbocycles. The maximum absolute atomic E-state index is 11.8. The molecule has 10 heavy (non-hydrogen) atoms. The van der Waals surface area contributed by atoms with Gasteiger partial charge in [0.2, 0.25) is 0 Å². The molecule has 1 aliphatic carbocycles. The van der Waals surface area contributed by atoms with Crippen LogP contribution in [0.2, 0.25) is 0 Å². The predicted molar refractivity (Wildman–Crippen MR) is 32.5 cm³/mol. The molecule has 58 valence electrons. The number of hydrogen-bond acceptors (Lipinski definition) is 0. The van der Waals surface area contributed by atoms with E-state index in [4.69, 9.17) is 0 Å². The maximum Gasteiger partial charge on any atom is 0.412 e. The van der Waals surface area contributed by atoms with E-state index in [-0.39, 0.29) is 5.92 Å². The lowest BCUT2D eigenvalue weighted by Gasteiger charge is -2.28. The minimum absolute atomic E-state index is 0.278. The van der Waals surface area contributed by atoms with Crippen LogP contribution in [0, 0.1) is 5.92 Å². The Morgan fingerprint density at radius 2 is 1.80 bits per heavy atom. The standard InChI is InChI=1S/C7H9F3/c1-5(7(8,9)10)6-3-2-4-6/h6H,1-4H2. The lowest BCUT2D eigenvalue weighted by Crippen LogP contribution is -2.23. The molecule has 0 atom stereocenters. The molecule has 0 amide bonds. The van der Waals surface area contributed by atoms with E-state index >= 15 is 0 Å². The van der Waals surface area contributed by atoms with Gasteiger partial charge in [-0.05, 0) is 18.8 Å². The normalized spacial score (nSPS) is 20.3. The summed E-state index contributed by atoms with van der Waals surface area (Å²) >= 11 is 0.